The topological polar surface area (TPSA) is 124 Å². The molecule has 0 fully saturated rings. The molecule has 0 aromatic heterocycles. The van der Waals surface area contributed by atoms with Crippen molar-refractivity contribution in [2.45, 2.75) is 231 Å². The van der Waals surface area contributed by atoms with E-state index < -0.39 is 40.0 Å². The van der Waals surface area contributed by atoms with E-state index in [0.717, 1.165) is 38.5 Å². The summed E-state index contributed by atoms with van der Waals surface area (Å²) < 4.78 is 32.4. The van der Waals surface area contributed by atoms with Crippen molar-refractivity contribution in [1.29, 1.82) is 0 Å². The van der Waals surface area contributed by atoms with Crippen LogP contribution in [-0.2, 0) is 14.9 Å². The van der Waals surface area contributed by atoms with Gasteiger partial charge >= 0.3 is 0 Å². The minimum Gasteiger partial charge on any atom is -0.387 e. The number of aliphatic hydroxyl groups is 2. The molecule has 4 N–H and O–H groups in total. The highest BCUT2D eigenvalue weighted by Gasteiger charge is 2.27. The molecule has 0 rings (SSSR count). The van der Waals surface area contributed by atoms with Gasteiger partial charge in [-0.05, 0) is 19.3 Å². The Labute approximate surface area is 297 Å². The summed E-state index contributed by atoms with van der Waals surface area (Å²) >= 11 is 0. The number of hydrogen-bond acceptors (Lipinski definition) is 5. The maximum absolute atomic E-state index is 12.6. The van der Waals surface area contributed by atoms with Crippen LogP contribution in [0.15, 0.2) is 12.2 Å². The molecule has 0 bridgehead atoms. The fourth-order valence-corrected chi connectivity index (χ4v) is 7.13. The van der Waals surface area contributed by atoms with E-state index in [1.165, 1.54) is 154 Å². The molecule has 48 heavy (non-hydrogen) atoms. The van der Waals surface area contributed by atoms with Crippen LogP contribution in [0.3, 0.4) is 0 Å². The molecule has 0 saturated carbocycles. The number of carbonyl (C=O) groups excluding carboxylic acids is 1. The minimum absolute atomic E-state index is 0.286. The van der Waals surface area contributed by atoms with Crippen molar-refractivity contribution in [3.8, 4) is 0 Å². The van der Waals surface area contributed by atoms with E-state index in [-0.39, 0.29) is 6.42 Å². The quantitative estimate of drug-likeness (QED) is 0.0290. The first kappa shape index (κ1) is 47.0. The number of amides is 1. The fourth-order valence-electron chi connectivity index (χ4n) is 6.40. The van der Waals surface area contributed by atoms with Crippen LogP contribution in [0.5, 0.6) is 0 Å². The van der Waals surface area contributed by atoms with Gasteiger partial charge in [-0.2, -0.15) is 8.42 Å². The molecule has 1 amide bonds. The first-order valence-electron chi connectivity index (χ1n) is 20.5. The zero-order chi connectivity index (χ0) is 35.6. The molecule has 3 atom stereocenters. The molecule has 7 nitrogen and oxygen atoms in total. The van der Waals surface area contributed by atoms with Crippen LogP contribution in [-0.4, -0.2) is 53.1 Å². The van der Waals surface area contributed by atoms with Crippen LogP contribution in [0, 0.1) is 0 Å². The molecule has 8 heteroatoms. The third kappa shape index (κ3) is 33.5. The van der Waals surface area contributed by atoms with Crippen molar-refractivity contribution in [3.05, 3.63) is 12.2 Å². The van der Waals surface area contributed by atoms with Gasteiger partial charge in [0.05, 0.1) is 17.9 Å². The van der Waals surface area contributed by atoms with Crippen LogP contribution < -0.4 is 5.32 Å². The maximum atomic E-state index is 12.6. The standard InChI is InChI=1S/C40H79NO6S/c1-3-5-7-9-11-13-15-16-17-18-19-20-21-22-23-25-27-29-31-33-35-39(43)40(44)41-37(36-48(45,46)47)38(42)34-32-30-28-26-24-14-12-10-8-6-4-2/h32,34,37-39,42-43H,3-31,33,35-36H2,1-2H3,(H,41,44)(H,45,46,47)/b34-32+. The molecule has 0 aromatic carbocycles. The minimum atomic E-state index is -4.43. The van der Waals surface area contributed by atoms with E-state index in [4.69, 9.17) is 0 Å². The lowest BCUT2D eigenvalue weighted by Gasteiger charge is -2.22. The van der Waals surface area contributed by atoms with E-state index in [0.29, 0.717) is 6.42 Å². The van der Waals surface area contributed by atoms with E-state index in [1.807, 2.05) is 0 Å². The highest BCUT2D eigenvalue weighted by Crippen LogP contribution is 2.16. The van der Waals surface area contributed by atoms with Gasteiger partial charge in [0, 0.05) is 0 Å². The lowest BCUT2D eigenvalue weighted by molar-refractivity contribution is -0.130. The molecular weight excluding hydrogens is 623 g/mol. The summed E-state index contributed by atoms with van der Waals surface area (Å²) in [6.45, 7) is 4.49. The number of carbonyl (C=O) groups is 1. The van der Waals surface area contributed by atoms with Crippen molar-refractivity contribution in [2.75, 3.05) is 5.75 Å². The molecule has 0 heterocycles. The number of nitrogens with one attached hydrogen (secondary N) is 1. The van der Waals surface area contributed by atoms with Crippen LogP contribution in [0.2, 0.25) is 0 Å². The molecular formula is C40H79NO6S. The second-order valence-electron chi connectivity index (χ2n) is 14.4. The molecule has 0 radical (unpaired) electrons. The summed E-state index contributed by atoms with van der Waals surface area (Å²) in [6.07, 6.45) is 38.5. The Hall–Kier alpha value is -0.960. The van der Waals surface area contributed by atoms with Crippen molar-refractivity contribution in [1.82, 2.24) is 5.32 Å². The van der Waals surface area contributed by atoms with Gasteiger partial charge in [-0.25, -0.2) is 0 Å². The summed E-state index contributed by atoms with van der Waals surface area (Å²) in [5, 5.41) is 23.3. The second kappa shape index (κ2) is 34.5. The summed E-state index contributed by atoms with van der Waals surface area (Å²) in [5.41, 5.74) is 0. The average Bonchev–Trinajstić information content (AvgIpc) is 3.05. The highest BCUT2D eigenvalue weighted by atomic mass is 32.2. The molecule has 286 valence electrons. The maximum Gasteiger partial charge on any atom is 0.267 e. The van der Waals surface area contributed by atoms with Gasteiger partial charge in [-0.3, -0.25) is 9.35 Å². The average molecular weight is 702 g/mol. The zero-order valence-electron chi connectivity index (χ0n) is 31.5. The van der Waals surface area contributed by atoms with Gasteiger partial charge in [0.25, 0.3) is 10.1 Å². The lowest BCUT2D eigenvalue weighted by atomic mass is 10.0. The van der Waals surface area contributed by atoms with E-state index >= 15 is 0 Å². The monoisotopic (exact) mass is 702 g/mol. The first-order chi connectivity index (χ1) is 23.2. The smallest absolute Gasteiger partial charge is 0.267 e. The molecule has 3 unspecified atom stereocenters. The van der Waals surface area contributed by atoms with Gasteiger partial charge in [0.2, 0.25) is 5.91 Å². The van der Waals surface area contributed by atoms with Gasteiger partial charge in [-0.1, -0.05) is 206 Å². The van der Waals surface area contributed by atoms with Crippen molar-refractivity contribution >= 4 is 16.0 Å². The Morgan fingerprint density at radius 3 is 1.25 bits per heavy atom. The largest absolute Gasteiger partial charge is 0.387 e. The molecule has 0 aromatic rings. The summed E-state index contributed by atoms with van der Waals surface area (Å²) in [5.74, 6) is -1.53. The number of unbranched alkanes of at least 4 members (excludes halogenated alkanes) is 28. The van der Waals surface area contributed by atoms with Gasteiger partial charge < -0.3 is 15.5 Å². The third-order valence-corrected chi connectivity index (χ3v) is 10.4. The van der Waals surface area contributed by atoms with E-state index in [9.17, 15) is 28.0 Å². The summed E-state index contributed by atoms with van der Waals surface area (Å²) in [6, 6.07) is -1.23. The van der Waals surface area contributed by atoms with Gasteiger partial charge in [-0.15, -0.1) is 0 Å². The molecule has 0 aliphatic heterocycles. The van der Waals surface area contributed by atoms with Crippen LogP contribution in [0.1, 0.15) is 213 Å². The number of hydrogen-bond donors (Lipinski definition) is 4. The Kier molecular flexibility index (Phi) is 33.8. The fraction of sp³-hybridized carbons (Fsp3) is 0.925. The Morgan fingerprint density at radius 1 is 0.562 bits per heavy atom. The highest BCUT2D eigenvalue weighted by molar-refractivity contribution is 7.85. The number of aliphatic hydroxyl groups excluding tert-OH is 2. The second-order valence-corrected chi connectivity index (χ2v) is 15.9. The van der Waals surface area contributed by atoms with Crippen molar-refractivity contribution in [2.24, 2.45) is 0 Å². The molecule has 0 saturated heterocycles. The molecule has 0 aliphatic carbocycles. The third-order valence-electron chi connectivity index (χ3n) is 9.57. The van der Waals surface area contributed by atoms with E-state index in [2.05, 4.69) is 19.2 Å². The SMILES string of the molecule is CCCCCCCCCCC/C=C/C(O)C(CS(=O)(=O)O)NC(=O)C(O)CCCCCCCCCCCCCCCCCCCCCC. The van der Waals surface area contributed by atoms with Gasteiger partial charge in [0.15, 0.2) is 0 Å². The zero-order valence-corrected chi connectivity index (χ0v) is 32.3. The summed E-state index contributed by atoms with van der Waals surface area (Å²) in [7, 11) is -4.43. The van der Waals surface area contributed by atoms with Crippen LogP contribution in [0.4, 0.5) is 0 Å². The molecule has 0 spiro atoms. The first-order valence-corrected chi connectivity index (χ1v) is 22.1. The predicted octanol–water partition coefficient (Wildman–Crippen LogP) is 10.8. The normalized spacial score (nSPS) is 14.0. The van der Waals surface area contributed by atoms with E-state index in [1.54, 1.807) is 6.08 Å². The van der Waals surface area contributed by atoms with Gasteiger partial charge in [0.1, 0.15) is 6.10 Å². The predicted molar refractivity (Wildman–Crippen MR) is 204 cm³/mol. The Bertz CT molecular complexity index is 834. The number of rotatable bonds is 37. The number of allylic oxidation sites excluding steroid dienone is 1. The molecule has 0 aliphatic rings. The summed E-state index contributed by atoms with van der Waals surface area (Å²) in [4.78, 5) is 12.6. The van der Waals surface area contributed by atoms with Crippen molar-refractivity contribution in [3.63, 3.8) is 0 Å². The lowest BCUT2D eigenvalue weighted by Crippen LogP contribution is -2.50. The van der Waals surface area contributed by atoms with Crippen molar-refractivity contribution < 1.29 is 28.0 Å². The van der Waals surface area contributed by atoms with Crippen LogP contribution >= 0.6 is 0 Å². The van der Waals surface area contributed by atoms with Crippen LogP contribution in [0.25, 0.3) is 0 Å². The Morgan fingerprint density at radius 2 is 0.896 bits per heavy atom. The Balaban J connectivity index is 3.93.